The molecule has 1 N–H and O–H groups in total. The first-order chi connectivity index (χ1) is 7.54. The lowest BCUT2D eigenvalue weighted by Gasteiger charge is -2.11. The number of carbonyl (C=O) groups is 1. The first-order valence-corrected chi connectivity index (χ1v) is 5.98. The standard InChI is InChI=1S/C12H16BrNO2/c1-4-16-7-11(15)14-12-9(3)5-8(2)6-10(12)13/h5-6H,4,7H2,1-3H3,(H,14,15). The molecule has 88 valence electrons. The van der Waals surface area contributed by atoms with Crippen LogP contribution >= 0.6 is 15.9 Å². The molecule has 1 aromatic carbocycles. The van der Waals surface area contributed by atoms with Crippen molar-refractivity contribution in [1.29, 1.82) is 0 Å². The van der Waals surface area contributed by atoms with E-state index in [1.807, 2.05) is 32.9 Å². The number of benzene rings is 1. The Kier molecular flexibility index (Phi) is 4.96. The van der Waals surface area contributed by atoms with Gasteiger partial charge in [-0.1, -0.05) is 6.07 Å². The minimum Gasteiger partial charge on any atom is -0.372 e. The SMILES string of the molecule is CCOCC(=O)Nc1c(C)cc(C)cc1Br. The monoisotopic (exact) mass is 285 g/mol. The molecule has 0 saturated carbocycles. The first kappa shape index (κ1) is 13.2. The molecule has 0 aliphatic heterocycles. The van der Waals surface area contributed by atoms with E-state index in [9.17, 15) is 4.79 Å². The lowest BCUT2D eigenvalue weighted by molar-refractivity contribution is -0.120. The molecule has 1 aromatic rings. The molecule has 0 radical (unpaired) electrons. The summed E-state index contributed by atoms with van der Waals surface area (Å²) in [6.07, 6.45) is 0. The van der Waals surface area contributed by atoms with Gasteiger partial charge in [0, 0.05) is 11.1 Å². The largest absolute Gasteiger partial charge is 0.372 e. The highest BCUT2D eigenvalue weighted by molar-refractivity contribution is 9.10. The van der Waals surface area contributed by atoms with Crippen molar-refractivity contribution in [2.24, 2.45) is 0 Å². The summed E-state index contributed by atoms with van der Waals surface area (Å²) >= 11 is 3.44. The molecule has 1 rings (SSSR count). The molecule has 0 aromatic heterocycles. The van der Waals surface area contributed by atoms with Gasteiger partial charge in [-0.15, -0.1) is 0 Å². The molecule has 3 nitrogen and oxygen atoms in total. The van der Waals surface area contributed by atoms with Gasteiger partial charge in [0.25, 0.3) is 0 Å². The van der Waals surface area contributed by atoms with Gasteiger partial charge in [-0.2, -0.15) is 0 Å². The number of rotatable bonds is 4. The smallest absolute Gasteiger partial charge is 0.250 e. The van der Waals surface area contributed by atoms with E-state index >= 15 is 0 Å². The molecule has 16 heavy (non-hydrogen) atoms. The maximum Gasteiger partial charge on any atom is 0.250 e. The van der Waals surface area contributed by atoms with Gasteiger partial charge in [0.1, 0.15) is 6.61 Å². The Morgan fingerprint density at radius 2 is 2.12 bits per heavy atom. The minimum atomic E-state index is -0.130. The van der Waals surface area contributed by atoms with Crippen molar-refractivity contribution in [3.8, 4) is 0 Å². The van der Waals surface area contributed by atoms with Gasteiger partial charge >= 0.3 is 0 Å². The van der Waals surface area contributed by atoms with Crippen LogP contribution in [-0.2, 0) is 9.53 Å². The van der Waals surface area contributed by atoms with Gasteiger partial charge in [0.15, 0.2) is 0 Å². The summed E-state index contributed by atoms with van der Waals surface area (Å²) in [7, 11) is 0. The van der Waals surface area contributed by atoms with Gasteiger partial charge in [-0.05, 0) is 53.9 Å². The molecule has 1 amide bonds. The van der Waals surface area contributed by atoms with Crippen LogP contribution < -0.4 is 5.32 Å². The van der Waals surface area contributed by atoms with Crippen molar-refractivity contribution in [2.45, 2.75) is 20.8 Å². The lowest BCUT2D eigenvalue weighted by Crippen LogP contribution is -2.19. The molecule has 0 unspecified atom stereocenters. The average Bonchev–Trinajstić information content (AvgIpc) is 2.20. The molecule has 4 heteroatoms. The third-order valence-electron chi connectivity index (χ3n) is 2.13. The molecule has 0 bridgehead atoms. The highest BCUT2D eigenvalue weighted by Crippen LogP contribution is 2.27. The van der Waals surface area contributed by atoms with Crippen molar-refractivity contribution in [2.75, 3.05) is 18.5 Å². The fraction of sp³-hybridized carbons (Fsp3) is 0.417. The zero-order chi connectivity index (χ0) is 12.1. The third-order valence-corrected chi connectivity index (χ3v) is 2.76. The highest BCUT2D eigenvalue weighted by atomic mass is 79.9. The Hall–Kier alpha value is -0.870. The van der Waals surface area contributed by atoms with Crippen molar-refractivity contribution >= 4 is 27.5 Å². The van der Waals surface area contributed by atoms with E-state index in [0.717, 1.165) is 21.3 Å². The predicted molar refractivity (Wildman–Crippen MR) is 68.7 cm³/mol. The molecular weight excluding hydrogens is 270 g/mol. The molecule has 0 saturated heterocycles. The summed E-state index contributed by atoms with van der Waals surface area (Å²) in [5.74, 6) is -0.130. The zero-order valence-electron chi connectivity index (χ0n) is 9.76. The normalized spacial score (nSPS) is 10.2. The maximum atomic E-state index is 11.5. The molecule has 0 heterocycles. The number of ether oxygens (including phenoxy) is 1. The second-order valence-corrected chi connectivity index (χ2v) is 4.48. The van der Waals surface area contributed by atoms with Gasteiger partial charge in [0.2, 0.25) is 5.91 Å². The van der Waals surface area contributed by atoms with Crippen LogP contribution in [0.25, 0.3) is 0 Å². The van der Waals surface area contributed by atoms with Crippen molar-refractivity contribution in [1.82, 2.24) is 0 Å². The highest BCUT2D eigenvalue weighted by Gasteiger charge is 2.08. The van der Waals surface area contributed by atoms with Crippen LogP contribution in [0.1, 0.15) is 18.1 Å². The molecule has 0 aliphatic rings. The van der Waals surface area contributed by atoms with Crippen LogP contribution in [-0.4, -0.2) is 19.1 Å². The number of hydrogen-bond acceptors (Lipinski definition) is 2. The fourth-order valence-electron chi connectivity index (χ4n) is 1.44. The van der Waals surface area contributed by atoms with Gasteiger partial charge < -0.3 is 10.1 Å². The number of amides is 1. The van der Waals surface area contributed by atoms with Crippen LogP contribution in [0.5, 0.6) is 0 Å². The Labute approximate surface area is 104 Å². The van der Waals surface area contributed by atoms with E-state index in [4.69, 9.17) is 4.74 Å². The molecule has 0 aliphatic carbocycles. The van der Waals surface area contributed by atoms with Crippen LogP contribution in [0.4, 0.5) is 5.69 Å². The summed E-state index contributed by atoms with van der Waals surface area (Å²) in [4.78, 5) is 11.5. The minimum absolute atomic E-state index is 0.0935. The average molecular weight is 286 g/mol. The summed E-state index contributed by atoms with van der Waals surface area (Å²) in [5, 5.41) is 2.83. The summed E-state index contributed by atoms with van der Waals surface area (Å²) in [5.41, 5.74) is 3.01. The van der Waals surface area contributed by atoms with E-state index in [1.54, 1.807) is 0 Å². The van der Waals surface area contributed by atoms with Crippen LogP contribution in [0.3, 0.4) is 0 Å². The number of halogens is 1. The third kappa shape index (κ3) is 3.61. The summed E-state index contributed by atoms with van der Waals surface area (Å²) in [6, 6.07) is 4.00. The van der Waals surface area contributed by atoms with Crippen molar-refractivity contribution in [3.05, 3.63) is 27.7 Å². The van der Waals surface area contributed by atoms with Gasteiger partial charge in [0.05, 0.1) is 5.69 Å². The fourth-order valence-corrected chi connectivity index (χ4v) is 2.22. The second-order valence-electron chi connectivity index (χ2n) is 3.62. The Balaban J connectivity index is 2.77. The Bertz CT molecular complexity index is 368. The summed E-state index contributed by atoms with van der Waals surface area (Å²) in [6.45, 7) is 6.48. The molecular formula is C12H16BrNO2. The van der Waals surface area contributed by atoms with E-state index in [0.29, 0.717) is 6.61 Å². The summed E-state index contributed by atoms with van der Waals surface area (Å²) < 4.78 is 5.94. The topological polar surface area (TPSA) is 38.3 Å². The van der Waals surface area contributed by atoms with Crippen molar-refractivity contribution < 1.29 is 9.53 Å². The number of aryl methyl sites for hydroxylation is 2. The van der Waals surface area contributed by atoms with E-state index in [1.165, 1.54) is 0 Å². The van der Waals surface area contributed by atoms with Crippen molar-refractivity contribution in [3.63, 3.8) is 0 Å². The molecule has 0 atom stereocenters. The number of anilines is 1. The zero-order valence-corrected chi connectivity index (χ0v) is 11.3. The van der Waals surface area contributed by atoms with Crippen LogP contribution in [0.2, 0.25) is 0 Å². The van der Waals surface area contributed by atoms with Crippen LogP contribution in [0.15, 0.2) is 16.6 Å². The van der Waals surface area contributed by atoms with Gasteiger partial charge in [-0.3, -0.25) is 4.79 Å². The second kappa shape index (κ2) is 6.01. The molecule has 0 spiro atoms. The lowest BCUT2D eigenvalue weighted by atomic mass is 10.1. The Morgan fingerprint density at radius 1 is 1.44 bits per heavy atom. The maximum absolute atomic E-state index is 11.5. The number of carbonyl (C=O) groups excluding carboxylic acids is 1. The number of nitrogens with one attached hydrogen (secondary N) is 1. The van der Waals surface area contributed by atoms with E-state index in [-0.39, 0.29) is 12.5 Å². The van der Waals surface area contributed by atoms with Gasteiger partial charge in [-0.25, -0.2) is 0 Å². The first-order valence-electron chi connectivity index (χ1n) is 5.19. The Morgan fingerprint density at radius 3 is 2.69 bits per heavy atom. The quantitative estimate of drug-likeness (QED) is 0.924. The predicted octanol–water partition coefficient (Wildman–Crippen LogP) is 3.04. The van der Waals surface area contributed by atoms with E-state index in [2.05, 4.69) is 21.2 Å². The molecule has 0 fully saturated rings. The van der Waals surface area contributed by atoms with E-state index < -0.39 is 0 Å². The number of hydrogen-bond donors (Lipinski definition) is 1. The van der Waals surface area contributed by atoms with Crippen LogP contribution in [0, 0.1) is 13.8 Å².